The van der Waals surface area contributed by atoms with Gasteiger partial charge in [-0.25, -0.2) is 4.39 Å². The van der Waals surface area contributed by atoms with Gasteiger partial charge in [-0.15, -0.1) is 0 Å². The van der Waals surface area contributed by atoms with Gasteiger partial charge in [0.25, 0.3) is 5.91 Å². The van der Waals surface area contributed by atoms with Crippen LogP contribution in [-0.4, -0.2) is 42.4 Å². The molecule has 0 bridgehead atoms. The van der Waals surface area contributed by atoms with Crippen molar-refractivity contribution in [3.8, 4) is 5.75 Å². The third kappa shape index (κ3) is 4.36. The van der Waals surface area contributed by atoms with Gasteiger partial charge in [-0.3, -0.25) is 9.48 Å². The Hall–Kier alpha value is -2.41. The Balaban J connectivity index is 1.51. The van der Waals surface area contributed by atoms with Gasteiger partial charge < -0.3 is 15.4 Å². The highest BCUT2D eigenvalue weighted by Crippen LogP contribution is 2.18. The van der Waals surface area contributed by atoms with Crippen LogP contribution >= 0.6 is 0 Å². The van der Waals surface area contributed by atoms with Crippen LogP contribution in [0.3, 0.4) is 0 Å². The van der Waals surface area contributed by atoms with Crippen LogP contribution in [0.25, 0.3) is 0 Å². The van der Waals surface area contributed by atoms with E-state index >= 15 is 0 Å². The largest absolute Gasteiger partial charge is 0.494 e. The first kappa shape index (κ1) is 17.4. The van der Waals surface area contributed by atoms with Crippen LogP contribution in [0, 0.1) is 5.82 Å². The van der Waals surface area contributed by atoms with Crippen molar-refractivity contribution in [1.82, 2.24) is 20.4 Å². The third-order valence-electron chi connectivity index (χ3n) is 4.40. The van der Waals surface area contributed by atoms with E-state index in [4.69, 9.17) is 4.74 Å². The zero-order valence-electron chi connectivity index (χ0n) is 14.3. The highest BCUT2D eigenvalue weighted by molar-refractivity contribution is 5.92. The summed E-state index contributed by atoms with van der Waals surface area (Å²) in [5, 5.41) is 10.5. The number of nitrogens with zero attached hydrogens (tertiary/aromatic N) is 2. The molecule has 1 aliphatic rings. The Morgan fingerprint density at radius 2 is 2.36 bits per heavy atom. The smallest absolute Gasteiger partial charge is 0.271 e. The van der Waals surface area contributed by atoms with Gasteiger partial charge in [-0.1, -0.05) is 6.07 Å². The van der Waals surface area contributed by atoms with E-state index in [0.29, 0.717) is 24.7 Å². The second-order valence-electron chi connectivity index (χ2n) is 6.16. The Morgan fingerprint density at radius 3 is 3.08 bits per heavy atom. The van der Waals surface area contributed by atoms with Crippen LogP contribution in [0.5, 0.6) is 5.75 Å². The number of piperidine rings is 1. The second kappa shape index (κ2) is 8.11. The van der Waals surface area contributed by atoms with Gasteiger partial charge in [0.1, 0.15) is 5.69 Å². The third-order valence-corrected chi connectivity index (χ3v) is 4.40. The molecule has 2 aromatic rings. The summed E-state index contributed by atoms with van der Waals surface area (Å²) in [6, 6.07) is 6.84. The number of carbonyl (C=O) groups excluding carboxylic acids is 1. The van der Waals surface area contributed by atoms with E-state index in [-0.39, 0.29) is 11.7 Å². The Bertz CT molecular complexity index is 726. The number of halogens is 1. The van der Waals surface area contributed by atoms with Gasteiger partial charge in [0.15, 0.2) is 11.6 Å². The lowest BCUT2D eigenvalue weighted by Gasteiger charge is -2.22. The molecule has 134 valence electrons. The van der Waals surface area contributed by atoms with E-state index in [1.165, 1.54) is 13.2 Å². The van der Waals surface area contributed by atoms with Crippen LogP contribution in [0.15, 0.2) is 30.5 Å². The highest BCUT2D eigenvalue weighted by atomic mass is 19.1. The van der Waals surface area contributed by atoms with Crippen LogP contribution in [0.1, 0.15) is 34.9 Å². The number of hydrogen-bond acceptors (Lipinski definition) is 4. The van der Waals surface area contributed by atoms with Gasteiger partial charge in [-0.2, -0.15) is 5.10 Å². The monoisotopic (exact) mass is 346 g/mol. The summed E-state index contributed by atoms with van der Waals surface area (Å²) < 4.78 is 20.4. The molecule has 6 nitrogen and oxygen atoms in total. The number of methoxy groups -OCH3 is 1. The fourth-order valence-corrected chi connectivity index (χ4v) is 3.00. The number of rotatable bonds is 6. The molecule has 3 rings (SSSR count). The summed E-state index contributed by atoms with van der Waals surface area (Å²) >= 11 is 0. The summed E-state index contributed by atoms with van der Waals surface area (Å²) in [4.78, 5) is 12.2. The van der Waals surface area contributed by atoms with E-state index in [2.05, 4.69) is 15.7 Å². The lowest BCUT2D eigenvalue weighted by Crippen LogP contribution is -2.32. The Labute approximate surface area is 146 Å². The number of ether oxygens (including phenoxy) is 1. The van der Waals surface area contributed by atoms with Crippen LogP contribution < -0.4 is 15.4 Å². The number of nitrogens with one attached hydrogen (secondary N) is 2. The van der Waals surface area contributed by atoms with Gasteiger partial charge in [0, 0.05) is 19.3 Å². The zero-order valence-corrected chi connectivity index (χ0v) is 14.3. The molecule has 0 radical (unpaired) electrons. The maximum atomic E-state index is 13.7. The molecule has 25 heavy (non-hydrogen) atoms. The van der Waals surface area contributed by atoms with Gasteiger partial charge >= 0.3 is 0 Å². The van der Waals surface area contributed by atoms with Crippen molar-refractivity contribution in [2.45, 2.75) is 25.3 Å². The molecule has 1 amide bonds. The first-order chi connectivity index (χ1) is 12.2. The maximum Gasteiger partial charge on any atom is 0.271 e. The topological polar surface area (TPSA) is 68.2 Å². The Kier molecular flexibility index (Phi) is 5.65. The van der Waals surface area contributed by atoms with E-state index in [1.807, 2.05) is 10.9 Å². The molecule has 1 aliphatic heterocycles. The minimum Gasteiger partial charge on any atom is -0.494 e. The highest BCUT2D eigenvalue weighted by Gasteiger charge is 2.17. The molecule has 1 unspecified atom stereocenters. The molecule has 0 saturated carbocycles. The summed E-state index contributed by atoms with van der Waals surface area (Å²) in [5.41, 5.74) is 1.21. The lowest BCUT2D eigenvalue weighted by atomic mass is 10.1. The summed E-state index contributed by atoms with van der Waals surface area (Å²) in [6.45, 7) is 2.34. The number of benzene rings is 1. The second-order valence-corrected chi connectivity index (χ2v) is 6.16. The van der Waals surface area contributed by atoms with Gasteiger partial charge in [-0.05, 0) is 49.6 Å². The maximum absolute atomic E-state index is 13.7. The molecule has 2 heterocycles. The predicted molar refractivity (Wildman–Crippen MR) is 92.4 cm³/mol. The van der Waals surface area contributed by atoms with Crippen molar-refractivity contribution in [3.05, 3.63) is 47.5 Å². The fourth-order valence-electron chi connectivity index (χ4n) is 3.00. The van der Waals surface area contributed by atoms with Crippen LogP contribution in [-0.2, 0) is 6.42 Å². The fraction of sp³-hybridized carbons (Fsp3) is 0.444. The van der Waals surface area contributed by atoms with Crippen molar-refractivity contribution < 1.29 is 13.9 Å². The average Bonchev–Trinajstić information content (AvgIpc) is 3.13. The number of hydrogen-bond donors (Lipinski definition) is 2. The summed E-state index contributed by atoms with van der Waals surface area (Å²) in [5.74, 6) is -0.391. The molecule has 1 atom stereocenters. The molecule has 2 N–H and O–H groups in total. The van der Waals surface area contributed by atoms with Crippen molar-refractivity contribution >= 4 is 5.91 Å². The van der Waals surface area contributed by atoms with E-state index in [1.54, 1.807) is 18.2 Å². The molecule has 7 heteroatoms. The average molecular weight is 346 g/mol. The molecule has 0 spiro atoms. The molecule has 1 aromatic carbocycles. The molecular formula is C18H23FN4O2. The predicted octanol–water partition coefficient (Wildman–Crippen LogP) is 1.93. The van der Waals surface area contributed by atoms with Crippen molar-refractivity contribution in [3.63, 3.8) is 0 Å². The molecule has 1 saturated heterocycles. The van der Waals surface area contributed by atoms with Crippen molar-refractivity contribution in [2.75, 3.05) is 26.7 Å². The van der Waals surface area contributed by atoms with Gasteiger partial charge in [0.2, 0.25) is 0 Å². The number of carbonyl (C=O) groups is 1. The van der Waals surface area contributed by atoms with E-state index in [9.17, 15) is 9.18 Å². The normalized spacial score (nSPS) is 17.3. The Morgan fingerprint density at radius 1 is 1.48 bits per heavy atom. The SMILES string of the molecule is COc1ccc(CCNC(=O)c2ccn(C3CCCNC3)n2)cc1F. The standard InChI is InChI=1S/C18H23FN4O2/c1-25-17-5-4-13(11-15(17)19)6-9-21-18(24)16-7-10-23(22-16)14-3-2-8-20-12-14/h4-5,7,10-11,14,20H,2-3,6,8-9,12H2,1H3,(H,21,24). The molecule has 1 fully saturated rings. The van der Waals surface area contributed by atoms with E-state index < -0.39 is 5.82 Å². The van der Waals surface area contributed by atoms with Crippen LogP contribution in [0.2, 0.25) is 0 Å². The minimum absolute atomic E-state index is 0.212. The number of amides is 1. The van der Waals surface area contributed by atoms with Crippen molar-refractivity contribution in [2.24, 2.45) is 0 Å². The molecular weight excluding hydrogens is 323 g/mol. The molecule has 0 aliphatic carbocycles. The quantitative estimate of drug-likeness (QED) is 0.839. The number of aromatic nitrogens is 2. The van der Waals surface area contributed by atoms with Crippen LogP contribution in [0.4, 0.5) is 4.39 Å². The van der Waals surface area contributed by atoms with E-state index in [0.717, 1.165) is 31.5 Å². The first-order valence-electron chi connectivity index (χ1n) is 8.54. The summed E-state index contributed by atoms with van der Waals surface area (Å²) in [6.07, 6.45) is 4.58. The zero-order chi connectivity index (χ0) is 17.6. The first-order valence-corrected chi connectivity index (χ1v) is 8.54. The summed E-state index contributed by atoms with van der Waals surface area (Å²) in [7, 11) is 1.43. The van der Waals surface area contributed by atoms with Gasteiger partial charge in [0.05, 0.1) is 13.2 Å². The molecule has 1 aromatic heterocycles. The minimum atomic E-state index is -0.397. The lowest BCUT2D eigenvalue weighted by molar-refractivity contribution is 0.0947. The van der Waals surface area contributed by atoms with Crippen molar-refractivity contribution in [1.29, 1.82) is 0 Å².